The SMILES string of the molecule is COSc1ccc2c(c1)CC(N1CNC=C1CCN)CO2. The number of hydrogen-bond acceptors (Lipinski definition) is 6. The number of benzene rings is 1. The zero-order valence-corrected chi connectivity index (χ0v) is 13.0. The zero-order valence-electron chi connectivity index (χ0n) is 12.2. The van der Waals surface area contributed by atoms with Gasteiger partial charge in [0.2, 0.25) is 0 Å². The molecule has 0 fully saturated rings. The maximum Gasteiger partial charge on any atom is 0.122 e. The van der Waals surface area contributed by atoms with Gasteiger partial charge in [-0.25, -0.2) is 0 Å². The predicted octanol–water partition coefficient (Wildman–Crippen LogP) is 1.70. The van der Waals surface area contributed by atoms with Gasteiger partial charge in [-0.3, -0.25) is 0 Å². The fourth-order valence-corrected chi connectivity index (χ4v) is 3.38. The van der Waals surface area contributed by atoms with Crippen LogP contribution in [0.3, 0.4) is 0 Å². The summed E-state index contributed by atoms with van der Waals surface area (Å²) in [5.41, 5.74) is 8.20. The molecule has 21 heavy (non-hydrogen) atoms. The molecule has 3 rings (SSSR count). The molecule has 2 heterocycles. The van der Waals surface area contributed by atoms with E-state index in [0.29, 0.717) is 19.2 Å². The van der Waals surface area contributed by atoms with Crippen LogP contribution < -0.4 is 15.8 Å². The van der Waals surface area contributed by atoms with E-state index in [2.05, 4.69) is 22.5 Å². The van der Waals surface area contributed by atoms with E-state index in [1.54, 1.807) is 7.11 Å². The summed E-state index contributed by atoms with van der Waals surface area (Å²) in [5.74, 6) is 0.989. The third kappa shape index (κ3) is 3.12. The van der Waals surface area contributed by atoms with Gasteiger partial charge in [0.05, 0.1) is 19.8 Å². The lowest BCUT2D eigenvalue weighted by Crippen LogP contribution is -2.43. The molecule has 0 saturated carbocycles. The van der Waals surface area contributed by atoms with E-state index in [0.717, 1.165) is 30.2 Å². The Morgan fingerprint density at radius 2 is 2.43 bits per heavy atom. The number of nitrogens with zero attached hydrogens (tertiary/aromatic N) is 1. The number of rotatable bonds is 5. The summed E-state index contributed by atoms with van der Waals surface area (Å²) in [6, 6.07) is 6.58. The number of nitrogens with two attached hydrogens (primary N) is 1. The van der Waals surface area contributed by atoms with Gasteiger partial charge in [0.1, 0.15) is 12.4 Å². The average Bonchev–Trinajstić information content (AvgIpc) is 2.95. The molecule has 1 unspecified atom stereocenters. The molecule has 6 heteroatoms. The number of ether oxygens (including phenoxy) is 1. The molecule has 0 aliphatic carbocycles. The third-order valence-corrected chi connectivity index (χ3v) is 4.45. The van der Waals surface area contributed by atoms with Crippen LogP contribution in [0.25, 0.3) is 0 Å². The summed E-state index contributed by atoms with van der Waals surface area (Å²) < 4.78 is 11.1. The normalized spacial score (nSPS) is 20.6. The molecule has 0 bridgehead atoms. The molecule has 2 aliphatic rings. The average molecular weight is 307 g/mol. The minimum atomic E-state index is 0.355. The summed E-state index contributed by atoms with van der Waals surface area (Å²) in [5, 5.41) is 3.29. The van der Waals surface area contributed by atoms with Gasteiger partial charge >= 0.3 is 0 Å². The lowest BCUT2D eigenvalue weighted by molar-refractivity contribution is 0.151. The maximum absolute atomic E-state index is 5.93. The highest BCUT2D eigenvalue weighted by atomic mass is 32.2. The van der Waals surface area contributed by atoms with Gasteiger partial charge in [-0.15, -0.1) is 0 Å². The Labute approximate surface area is 129 Å². The monoisotopic (exact) mass is 307 g/mol. The van der Waals surface area contributed by atoms with Crippen LogP contribution in [-0.2, 0) is 10.6 Å². The van der Waals surface area contributed by atoms with Gasteiger partial charge in [-0.05, 0) is 36.7 Å². The zero-order chi connectivity index (χ0) is 14.7. The van der Waals surface area contributed by atoms with E-state index in [9.17, 15) is 0 Å². The molecule has 1 atom stereocenters. The van der Waals surface area contributed by atoms with Gasteiger partial charge in [0.15, 0.2) is 0 Å². The van der Waals surface area contributed by atoms with Gasteiger partial charge in [-0.1, -0.05) is 0 Å². The van der Waals surface area contributed by atoms with E-state index in [4.69, 9.17) is 14.7 Å². The molecule has 3 N–H and O–H groups in total. The third-order valence-electron chi connectivity index (χ3n) is 3.84. The van der Waals surface area contributed by atoms with Crippen LogP contribution in [-0.4, -0.2) is 37.9 Å². The van der Waals surface area contributed by atoms with Crippen molar-refractivity contribution in [2.75, 3.05) is 26.9 Å². The molecule has 1 aromatic rings. The van der Waals surface area contributed by atoms with Crippen LogP contribution in [0.2, 0.25) is 0 Å². The van der Waals surface area contributed by atoms with Crippen molar-refractivity contribution in [1.82, 2.24) is 10.2 Å². The van der Waals surface area contributed by atoms with Crippen LogP contribution in [0, 0.1) is 0 Å². The van der Waals surface area contributed by atoms with E-state index in [1.807, 2.05) is 12.1 Å². The lowest BCUT2D eigenvalue weighted by atomic mass is 10.0. The molecule has 0 radical (unpaired) electrons. The molecule has 2 aliphatic heterocycles. The van der Waals surface area contributed by atoms with Crippen LogP contribution in [0.15, 0.2) is 35.0 Å². The Morgan fingerprint density at radius 1 is 1.52 bits per heavy atom. The smallest absolute Gasteiger partial charge is 0.122 e. The van der Waals surface area contributed by atoms with Gasteiger partial charge in [0, 0.05) is 35.3 Å². The van der Waals surface area contributed by atoms with Crippen LogP contribution >= 0.6 is 12.0 Å². The van der Waals surface area contributed by atoms with E-state index in [-0.39, 0.29) is 0 Å². The highest BCUT2D eigenvalue weighted by molar-refractivity contribution is 7.94. The van der Waals surface area contributed by atoms with Crippen molar-refractivity contribution in [1.29, 1.82) is 0 Å². The summed E-state index contributed by atoms with van der Waals surface area (Å²) >= 11 is 1.38. The molecular formula is C15H21N3O2S. The Morgan fingerprint density at radius 3 is 3.24 bits per heavy atom. The minimum absolute atomic E-state index is 0.355. The standard InChI is InChI=1S/C15H21N3O2S/c1-19-21-14-2-3-15-11(7-14)6-13(9-20-15)18-10-17-8-12(18)4-5-16/h2-3,7-8,13,17H,4-6,9-10,16H2,1H3. The topological polar surface area (TPSA) is 59.8 Å². The molecule has 0 saturated heterocycles. The van der Waals surface area contributed by atoms with Crippen molar-refractivity contribution in [2.24, 2.45) is 5.73 Å². The second-order valence-electron chi connectivity index (χ2n) is 5.19. The van der Waals surface area contributed by atoms with Crippen LogP contribution in [0.5, 0.6) is 5.75 Å². The van der Waals surface area contributed by atoms with Crippen LogP contribution in [0.1, 0.15) is 12.0 Å². The molecule has 0 amide bonds. The second-order valence-corrected chi connectivity index (χ2v) is 6.17. The summed E-state index contributed by atoms with van der Waals surface area (Å²) in [6.45, 7) is 2.22. The Balaban J connectivity index is 1.74. The number of fused-ring (bicyclic) bond motifs is 1. The molecular weight excluding hydrogens is 286 g/mol. The lowest BCUT2D eigenvalue weighted by Gasteiger charge is -2.35. The highest BCUT2D eigenvalue weighted by Crippen LogP contribution is 2.32. The van der Waals surface area contributed by atoms with Crippen LogP contribution in [0.4, 0.5) is 0 Å². The minimum Gasteiger partial charge on any atom is -0.491 e. The first kappa shape index (κ1) is 14.6. The predicted molar refractivity (Wildman–Crippen MR) is 83.9 cm³/mol. The molecule has 0 spiro atoms. The van der Waals surface area contributed by atoms with Gasteiger partial charge in [0.25, 0.3) is 0 Å². The number of nitrogens with one attached hydrogen (secondary N) is 1. The van der Waals surface area contributed by atoms with Gasteiger partial charge in [-0.2, -0.15) is 0 Å². The fourth-order valence-electron chi connectivity index (χ4n) is 2.88. The van der Waals surface area contributed by atoms with Crippen molar-refractivity contribution < 1.29 is 8.92 Å². The number of hydrogen-bond donors (Lipinski definition) is 2. The Bertz CT molecular complexity index is 536. The first-order valence-corrected chi connectivity index (χ1v) is 7.91. The van der Waals surface area contributed by atoms with Crippen molar-refractivity contribution >= 4 is 12.0 Å². The molecule has 0 aromatic heterocycles. The van der Waals surface area contributed by atoms with Crippen molar-refractivity contribution in [3.63, 3.8) is 0 Å². The first-order chi connectivity index (χ1) is 10.3. The fraction of sp³-hybridized carbons (Fsp3) is 0.467. The summed E-state index contributed by atoms with van der Waals surface area (Å²) in [4.78, 5) is 3.48. The molecule has 5 nitrogen and oxygen atoms in total. The van der Waals surface area contributed by atoms with E-state index >= 15 is 0 Å². The summed E-state index contributed by atoms with van der Waals surface area (Å²) in [7, 11) is 1.68. The summed E-state index contributed by atoms with van der Waals surface area (Å²) in [6.07, 6.45) is 3.95. The van der Waals surface area contributed by atoms with Crippen molar-refractivity contribution in [3.8, 4) is 5.75 Å². The Kier molecular flexibility index (Phi) is 4.57. The quantitative estimate of drug-likeness (QED) is 0.808. The van der Waals surface area contributed by atoms with Crippen molar-refractivity contribution in [2.45, 2.75) is 23.8 Å². The van der Waals surface area contributed by atoms with Gasteiger partial charge < -0.3 is 24.9 Å². The first-order valence-electron chi connectivity index (χ1n) is 7.17. The van der Waals surface area contributed by atoms with Crippen molar-refractivity contribution in [3.05, 3.63) is 35.7 Å². The van der Waals surface area contributed by atoms with E-state index in [1.165, 1.54) is 23.3 Å². The second kappa shape index (κ2) is 6.60. The molecule has 1 aromatic carbocycles. The van der Waals surface area contributed by atoms with E-state index < -0.39 is 0 Å². The maximum atomic E-state index is 5.93. The Hall–Kier alpha value is -1.37. The largest absolute Gasteiger partial charge is 0.491 e. The highest BCUT2D eigenvalue weighted by Gasteiger charge is 2.28. The molecule has 114 valence electrons.